The Hall–Kier alpha value is -2.02. The van der Waals surface area contributed by atoms with E-state index in [0.29, 0.717) is 22.9 Å². The predicted molar refractivity (Wildman–Crippen MR) is 117 cm³/mol. The van der Waals surface area contributed by atoms with Crippen molar-refractivity contribution in [1.29, 1.82) is 0 Å². The van der Waals surface area contributed by atoms with Gasteiger partial charge < -0.3 is 9.64 Å². The number of thiazole rings is 1. The first kappa shape index (κ1) is 20.7. The van der Waals surface area contributed by atoms with Crippen LogP contribution in [0.5, 0.6) is 5.75 Å². The summed E-state index contributed by atoms with van der Waals surface area (Å²) in [6, 6.07) is 13.1. The van der Waals surface area contributed by atoms with Gasteiger partial charge in [-0.1, -0.05) is 23.7 Å². The summed E-state index contributed by atoms with van der Waals surface area (Å²) >= 11 is 9.38. The van der Waals surface area contributed by atoms with Gasteiger partial charge in [-0.15, -0.1) is 23.1 Å². The van der Waals surface area contributed by atoms with E-state index in [-0.39, 0.29) is 5.91 Å². The van der Waals surface area contributed by atoms with Gasteiger partial charge in [0.15, 0.2) is 0 Å². The lowest BCUT2D eigenvalue weighted by atomic mass is 10.1. The molecule has 0 saturated heterocycles. The third kappa shape index (κ3) is 5.07. The normalized spacial score (nSPS) is 10.7. The highest BCUT2D eigenvalue weighted by Gasteiger charge is 2.18. The number of hydrogen-bond acceptors (Lipinski definition) is 5. The number of aryl methyl sites for hydroxylation is 1. The minimum atomic E-state index is -0.0420. The van der Waals surface area contributed by atoms with Crippen LogP contribution >= 0.6 is 34.7 Å². The quantitative estimate of drug-likeness (QED) is 0.450. The van der Waals surface area contributed by atoms with Crippen LogP contribution in [0.25, 0.3) is 0 Å². The molecular weight excluding hydrogens is 412 g/mol. The molecule has 2 aromatic carbocycles. The van der Waals surface area contributed by atoms with Gasteiger partial charge in [0.25, 0.3) is 5.91 Å². The molecule has 1 aromatic heterocycles. The number of methoxy groups -OCH3 is 1. The lowest BCUT2D eigenvalue weighted by Crippen LogP contribution is -2.26. The second-order valence-electron chi connectivity index (χ2n) is 6.26. The molecule has 0 fully saturated rings. The Morgan fingerprint density at radius 2 is 2.07 bits per heavy atom. The number of halogens is 1. The molecule has 146 valence electrons. The summed E-state index contributed by atoms with van der Waals surface area (Å²) in [5.74, 6) is 1.41. The maximum atomic E-state index is 13.1. The minimum Gasteiger partial charge on any atom is -0.496 e. The maximum Gasteiger partial charge on any atom is 0.255 e. The largest absolute Gasteiger partial charge is 0.496 e. The molecule has 28 heavy (non-hydrogen) atoms. The van der Waals surface area contributed by atoms with Crippen molar-refractivity contribution in [3.8, 4) is 5.75 Å². The molecule has 0 radical (unpaired) electrons. The fourth-order valence-corrected chi connectivity index (χ4v) is 4.65. The Labute approximate surface area is 178 Å². The number of hydrogen-bond donors (Lipinski definition) is 0. The van der Waals surface area contributed by atoms with Gasteiger partial charge >= 0.3 is 0 Å². The molecule has 3 aromatic rings. The van der Waals surface area contributed by atoms with E-state index >= 15 is 0 Å². The van der Waals surface area contributed by atoms with E-state index in [4.69, 9.17) is 16.3 Å². The lowest BCUT2D eigenvalue weighted by molar-refractivity contribution is 0.0781. The molecule has 1 amide bonds. The van der Waals surface area contributed by atoms with Crippen molar-refractivity contribution in [2.45, 2.75) is 24.1 Å². The Morgan fingerprint density at radius 1 is 1.29 bits per heavy atom. The second kappa shape index (κ2) is 9.45. The highest BCUT2D eigenvalue weighted by atomic mass is 35.5. The molecule has 0 unspecified atom stereocenters. The van der Waals surface area contributed by atoms with Crippen LogP contribution in [-0.4, -0.2) is 29.9 Å². The van der Waals surface area contributed by atoms with E-state index in [9.17, 15) is 4.79 Å². The summed E-state index contributed by atoms with van der Waals surface area (Å²) in [5.41, 5.74) is 2.59. The Bertz CT molecular complexity index is 975. The van der Waals surface area contributed by atoms with E-state index in [2.05, 4.69) is 10.4 Å². The van der Waals surface area contributed by atoms with Gasteiger partial charge in [-0.05, 0) is 37.3 Å². The second-order valence-corrected chi connectivity index (χ2v) is 8.78. The maximum absolute atomic E-state index is 13.1. The minimum absolute atomic E-state index is 0.0420. The first-order valence-electron chi connectivity index (χ1n) is 8.68. The number of rotatable bonds is 7. The molecule has 4 nitrogen and oxygen atoms in total. The number of ether oxygens (including phenoxy) is 1. The van der Waals surface area contributed by atoms with E-state index in [0.717, 1.165) is 26.9 Å². The van der Waals surface area contributed by atoms with Crippen LogP contribution in [-0.2, 0) is 12.3 Å². The monoisotopic (exact) mass is 432 g/mol. The Balaban J connectivity index is 1.75. The summed E-state index contributed by atoms with van der Waals surface area (Å²) in [4.78, 5) is 20.2. The Kier molecular flexibility index (Phi) is 6.99. The van der Waals surface area contributed by atoms with E-state index in [1.807, 2.05) is 43.3 Å². The molecule has 1 heterocycles. The van der Waals surface area contributed by atoms with E-state index in [1.165, 1.54) is 0 Å². The van der Waals surface area contributed by atoms with Crippen molar-refractivity contribution >= 4 is 40.6 Å². The average Bonchev–Trinajstić information content (AvgIpc) is 3.11. The fraction of sp³-hybridized carbons (Fsp3) is 0.238. The number of aromatic nitrogens is 1. The lowest BCUT2D eigenvalue weighted by Gasteiger charge is -2.20. The predicted octanol–water partition coefficient (Wildman–Crippen LogP) is 5.68. The summed E-state index contributed by atoms with van der Waals surface area (Å²) < 4.78 is 5.39. The molecule has 0 N–H and O–H groups in total. The van der Waals surface area contributed by atoms with E-state index in [1.54, 1.807) is 48.2 Å². The first-order valence-corrected chi connectivity index (χ1v) is 10.9. The van der Waals surface area contributed by atoms with Crippen molar-refractivity contribution in [1.82, 2.24) is 9.88 Å². The van der Waals surface area contributed by atoms with Gasteiger partial charge in [0.2, 0.25) is 0 Å². The smallest absolute Gasteiger partial charge is 0.255 e. The summed E-state index contributed by atoms with van der Waals surface area (Å²) in [7, 11) is 3.40. The number of amides is 1. The third-order valence-corrected chi connectivity index (χ3v) is 6.32. The first-order chi connectivity index (χ1) is 13.5. The van der Waals surface area contributed by atoms with Crippen LogP contribution in [0.15, 0.2) is 52.7 Å². The van der Waals surface area contributed by atoms with Gasteiger partial charge in [-0.2, -0.15) is 0 Å². The molecule has 0 spiro atoms. The topological polar surface area (TPSA) is 42.4 Å². The Morgan fingerprint density at radius 3 is 2.79 bits per heavy atom. The van der Waals surface area contributed by atoms with Gasteiger partial charge in [0.05, 0.1) is 23.4 Å². The zero-order chi connectivity index (χ0) is 20.1. The summed E-state index contributed by atoms with van der Waals surface area (Å²) in [6.07, 6.45) is 0. The molecule has 0 aliphatic heterocycles. The number of benzene rings is 2. The molecular formula is C21H21ClN2O2S2. The third-order valence-electron chi connectivity index (χ3n) is 4.16. The van der Waals surface area contributed by atoms with Crippen LogP contribution in [0, 0.1) is 6.92 Å². The standard InChI is InChI=1S/C21H21ClN2O2S2/c1-14-23-17(12-27-14)13-28-20-7-5-4-6-18(20)21(25)24(2)11-15-10-16(22)8-9-19(15)26-3/h4-10,12H,11,13H2,1-3H3. The van der Waals surface area contributed by atoms with Crippen molar-refractivity contribution < 1.29 is 9.53 Å². The molecule has 7 heteroatoms. The van der Waals surface area contributed by atoms with Crippen LogP contribution in [0.1, 0.15) is 26.6 Å². The van der Waals surface area contributed by atoms with Gasteiger partial charge in [-0.25, -0.2) is 4.98 Å². The van der Waals surface area contributed by atoms with Crippen molar-refractivity contribution in [3.05, 3.63) is 74.7 Å². The number of carbonyl (C=O) groups excluding carboxylic acids is 1. The van der Waals surface area contributed by atoms with Crippen molar-refractivity contribution in [2.24, 2.45) is 0 Å². The number of thioether (sulfide) groups is 1. The molecule has 0 aliphatic carbocycles. The summed E-state index contributed by atoms with van der Waals surface area (Å²) in [5, 5.41) is 3.73. The van der Waals surface area contributed by atoms with Gasteiger partial charge in [-0.3, -0.25) is 4.79 Å². The zero-order valence-corrected chi connectivity index (χ0v) is 18.3. The highest BCUT2D eigenvalue weighted by Crippen LogP contribution is 2.29. The molecule has 0 saturated carbocycles. The van der Waals surface area contributed by atoms with Crippen molar-refractivity contribution in [3.63, 3.8) is 0 Å². The average molecular weight is 433 g/mol. The van der Waals surface area contributed by atoms with Gasteiger partial charge in [0.1, 0.15) is 5.75 Å². The van der Waals surface area contributed by atoms with Crippen LogP contribution in [0.4, 0.5) is 0 Å². The molecule has 0 atom stereocenters. The van der Waals surface area contributed by atoms with Crippen LogP contribution in [0.2, 0.25) is 5.02 Å². The fourth-order valence-electron chi connectivity index (χ4n) is 2.80. The van der Waals surface area contributed by atoms with Crippen molar-refractivity contribution in [2.75, 3.05) is 14.2 Å². The number of carbonyl (C=O) groups is 1. The summed E-state index contributed by atoms with van der Waals surface area (Å²) in [6.45, 7) is 2.40. The van der Waals surface area contributed by atoms with Gasteiger partial charge in [0, 0.05) is 40.2 Å². The van der Waals surface area contributed by atoms with E-state index < -0.39 is 0 Å². The number of nitrogens with zero attached hydrogens (tertiary/aromatic N) is 2. The molecule has 0 aliphatic rings. The SMILES string of the molecule is COc1ccc(Cl)cc1CN(C)C(=O)c1ccccc1SCc1csc(C)n1. The van der Waals surface area contributed by atoms with Crippen LogP contribution < -0.4 is 4.74 Å². The van der Waals surface area contributed by atoms with Crippen LogP contribution in [0.3, 0.4) is 0 Å². The molecule has 0 bridgehead atoms. The zero-order valence-electron chi connectivity index (χ0n) is 15.9. The molecule has 3 rings (SSSR count). The highest BCUT2D eigenvalue weighted by molar-refractivity contribution is 7.98.